The summed E-state index contributed by atoms with van der Waals surface area (Å²) in [5.74, 6) is 1.85. The third kappa shape index (κ3) is 2.14. The largest absolute Gasteiger partial charge is 0.384 e. The summed E-state index contributed by atoms with van der Waals surface area (Å²) in [7, 11) is 3.97. The number of aromatic nitrogens is 2. The molecule has 1 aromatic heterocycles. The minimum atomic E-state index is 0.103. The maximum absolute atomic E-state index is 7.66. The molecule has 1 fully saturated rings. The lowest BCUT2D eigenvalue weighted by atomic mass is 9.85. The Morgan fingerprint density at radius 1 is 1.59 bits per heavy atom. The molecule has 0 unspecified atom stereocenters. The van der Waals surface area contributed by atoms with Crippen molar-refractivity contribution in [1.82, 2.24) is 9.78 Å². The van der Waals surface area contributed by atoms with Crippen LogP contribution < -0.4 is 10.6 Å². The van der Waals surface area contributed by atoms with Crippen molar-refractivity contribution in [1.29, 1.82) is 5.41 Å². The molecule has 0 atom stereocenters. The first-order valence-electron chi connectivity index (χ1n) is 6.09. The summed E-state index contributed by atoms with van der Waals surface area (Å²) in [6.45, 7) is 2.93. The van der Waals surface area contributed by atoms with Crippen LogP contribution in [0.4, 0.5) is 5.82 Å². The first-order valence-corrected chi connectivity index (χ1v) is 6.09. The molecule has 1 heterocycles. The zero-order chi connectivity index (χ0) is 12.6. The van der Waals surface area contributed by atoms with Crippen LogP contribution in [0.1, 0.15) is 30.5 Å². The Balaban J connectivity index is 2.25. The summed E-state index contributed by atoms with van der Waals surface area (Å²) in [6, 6.07) is 0. The third-order valence-electron chi connectivity index (χ3n) is 3.58. The van der Waals surface area contributed by atoms with Gasteiger partial charge in [0.2, 0.25) is 0 Å². The highest BCUT2D eigenvalue weighted by molar-refractivity contribution is 6.00. The molecule has 2 rings (SSSR count). The Labute approximate surface area is 102 Å². The number of nitrogens with two attached hydrogens (primary N) is 1. The average Bonchev–Trinajstić information content (AvgIpc) is 2.47. The smallest absolute Gasteiger partial charge is 0.137 e. The lowest BCUT2D eigenvalue weighted by molar-refractivity contribution is 0.320. The van der Waals surface area contributed by atoms with Crippen LogP contribution in [0.5, 0.6) is 0 Å². The molecule has 0 saturated heterocycles. The van der Waals surface area contributed by atoms with E-state index >= 15 is 0 Å². The van der Waals surface area contributed by atoms with E-state index in [2.05, 4.69) is 17.0 Å². The van der Waals surface area contributed by atoms with Crippen LogP contribution in [0.15, 0.2) is 0 Å². The van der Waals surface area contributed by atoms with Gasteiger partial charge in [0.25, 0.3) is 0 Å². The quantitative estimate of drug-likeness (QED) is 0.609. The molecule has 0 radical (unpaired) electrons. The fourth-order valence-corrected chi connectivity index (χ4v) is 2.55. The number of nitrogens with zero attached hydrogens (tertiary/aromatic N) is 3. The van der Waals surface area contributed by atoms with Crippen molar-refractivity contribution in [3.63, 3.8) is 0 Å². The standard InChI is InChI=1S/C12H21N5/c1-8-10(11(13)14)12(17(3)15-8)16(2)7-9-5-4-6-9/h9H,4-7H2,1-3H3,(H3,13,14). The van der Waals surface area contributed by atoms with Crippen molar-refractivity contribution in [2.75, 3.05) is 18.5 Å². The van der Waals surface area contributed by atoms with Crippen molar-refractivity contribution in [2.24, 2.45) is 18.7 Å². The topological polar surface area (TPSA) is 70.9 Å². The number of anilines is 1. The van der Waals surface area contributed by atoms with Gasteiger partial charge in [0.1, 0.15) is 11.7 Å². The zero-order valence-corrected chi connectivity index (χ0v) is 10.8. The van der Waals surface area contributed by atoms with Gasteiger partial charge in [-0.2, -0.15) is 5.10 Å². The van der Waals surface area contributed by atoms with E-state index in [-0.39, 0.29) is 5.84 Å². The van der Waals surface area contributed by atoms with Crippen molar-refractivity contribution in [2.45, 2.75) is 26.2 Å². The summed E-state index contributed by atoms with van der Waals surface area (Å²) in [5.41, 5.74) is 7.25. The molecule has 94 valence electrons. The Bertz CT molecular complexity index is 430. The van der Waals surface area contributed by atoms with Gasteiger partial charge < -0.3 is 10.6 Å². The summed E-state index contributed by atoms with van der Waals surface area (Å²) < 4.78 is 1.82. The third-order valence-corrected chi connectivity index (χ3v) is 3.58. The summed E-state index contributed by atoms with van der Waals surface area (Å²) >= 11 is 0. The van der Waals surface area contributed by atoms with E-state index in [1.165, 1.54) is 19.3 Å². The van der Waals surface area contributed by atoms with Crippen LogP contribution in [0.2, 0.25) is 0 Å². The molecule has 17 heavy (non-hydrogen) atoms. The second kappa shape index (κ2) is 4.39. The number of hydrogen-bond acceptors (Lipinski definition) is 3. The molecule has 1 saturated carbocycles. The van der Waals surface area contributed by atoms with Crippen LogP contribution in [0.25, 0.3) is 0 Å². The first-order chi connectivity index (χ1) is 8.00. The van der Waals surface area contributed by atoms with Gasteiger partial charge in [0.05, 0.1) is 11.3 Å². The summed E-state index contributed by atoms with van der Waals surface area (Å²) in [4.78, 5) is 2.18. The fraction of sp³-hybridized carbons (Fsp3) is 0.667. The minimum Gasteiger partial charge on any atom is -0.384 e. The van der Waals surface area contributed by atoms with Gasteiger partial charge in [-0.1, -0.05) is 6.42 Å². The van der Waals surface area contributed by atoms with E-state index in [0.717, 1.165) is 29.5 Å². The van der Waals surface area contributed by atoms with Gasteiger partial charge >= 0.3 is 0 Å². The number of amidine groups is 1. The second-order valence-electron chi connectivity index (χ2n) is 5.00. The monoisotopic (exact) mass is 235 g/mol. The molecule has 5 heteroatoms. The Morgan fingerprint density at radius 3 is 2.71 bits per heavy atom. The predicted octanol–water partition coefficient (Wildman–Crippen LogP) is 1.25. The van der Waals surface area contributed by atoms with Crippen LogP contribution in [0.3, 0.4) is 0 Å². The number of nitrogens with one attached hydrogen (secondary N) is 1. The van der Waals surface area contributed by atoms with Crippen molar-refractivity contribution < 1.29 is 0 Å². The number of aryl methyl sites for hydroxylation is 2. The molecule has 0 aliphatic heterocycles. The maximum atomic E-state index is 7.66. The highest BCUT2D eigenvalue weighted by atomic mass is 15.4. The van der Waals surface area contributed by atoms with Gasteiger partial charge in [0.15, 0.2) is 0 Å². The van der Waals surface area contributed by atoms with Gasteiger partial charge in [-0.25, -0.2) is 0 Å². The van der Waals surface area contributed by atoms with Crippen LogP contribution >= 0.6 is 0 Å². The molecule has 5 nitrogen and oxygen atoms in total. The van der Waals surface area contributed by atoms with E-state index in [1.807, 2.05) is 18.7 Å². The lowest BCUT2D eigenvalue weighted by Gasteiger charge is -2.31. The lowest BCUT2D eigenvalue weighted by Crippen LogP contribution is -2.32. The van der Waals surface area contributed by atoms with Crippen LogP contribution in [0, 0.1) is 18.3 Å². The SMILES string of the molecule is Cc1nn(C)c(N(C)CC2CCC2)c1C(=N)N. The Morgan fingerprint density at radius 2 is 2.24 bits per heavy atom. The Kier molecular flexibility index (Phi) is 3.09. The van der Waals surface area contributed by atoms with E-state index in [4.69, 9.17) is 11.1 Å². The van der Waals surface area contributed by atoms with Crippen LogP contribution in [-0.2, 0) is 7.05 Å². The van der Waals surface area contributed by atoms with Gasteiger partial charge in [0, 0.05) is 20.6 Å². The van der Waals surface area contributed by atoms with Crippen LogP contribution in [-0.4, -0.2) is 29.2 Å². The first kappa shape index (κ1) is 12.0. The molecule has 0 aromatic carbocycles. The van der Waals surface area contributed by atoms with Gasteiger partial charge in [-0.15, -0.1) is 0 Å². The fourth-order valence-electron chi connectivity index (χ4n) is 2.55. The zero-order valence-electron chi connectivity index (χ0n) is 10.8. The maximum Gasteiger partial charge on any atom is 0.137 e. The van der Waals surface area contributed by atoms with Crippen molar-refractivity contribution in [3.05, 3.63) is 11.3 Å². The normalized spacial score (nSPS) is 15.7. The highest BCUT2D eigenvalue weighted by Crippen LogP contribution is 2.29. The Hall–Kier alpha value is -1.52. The molecular formula is C12H21N5. The van der Waals surface area contributed by atoms with Crippen molar-refractivity contribution in [3.8, 4) is 0 Å². The molecular weight excluding hydrogens is 214 g/mol. The number of hydrogen-bond donors (Lipinski definition) is 2. The molecule has 1 aromatic rings. The molecule has 1 aliphatic rings. The second-order valence-corrected chi connectivity index (χ2v) is 5.00. The highest BCUT2D eigenvalue weighted by Gasteiger charge is 2.24. The average molecular weight is 235 g/mol. The molecule has 3 N–H and O–H groups in total. The number of rotatable bonds is 4. The summed E-state index contributed by atoms with van der Waals surface area (Å²) in [5, 5.41) is 12.0. The van der Waals surface area contributed by atoms with Crippen molar-refractivity contribution >= 4 is 11.7 Å². The number of nitrogen functional groups attached to an aromatic ring is 1. The molecule has 0 bridgehead atoms. The van der Waals surface area contributed by atoms with E-state index in [0.29, 0.717) is 0 Å². The van der Waals surface area contributed by atoms with E-state index in [1.54, 1.807) is 0 Å². The predicted molar refractivity (Wildman–Crippen MR) is 69.6 cm³/mol. The van der Waals surface area contributed by atoms with Gasteiger partial charge in [-0.3, -0.25) is 10.1 Å². The molecule has 0 spiro atoms. The van der Waals surface area contributed by atoms with Gasteiger partial charge in [-0.05, 0) is 25.7 Å². The van der Waals surface area contributed by atoms with E-state index in [9.17, 15) is 0 Å². The minimum absolute atomic E-state index is 0.103. The molecule has 1 aliphatic carbocycles. The molecule has 0 amide bonds. The summed E-state index contributed by atoms with van der Waals surface area (Å²) in [6.07, 6.45) is 3.98. The van der Waals surface area contributed by atoms with E-state index < -0.39 is 0 Å².